The van der Waals surface area contributed by atoms with E-state index in [0.29, 0.717) is 6.54 Å². The van der Waals surface area contributed by atoms with Crippen molar-refractivity contribution < 1.29 is 9.53 Å². The van der Waals surface area contributed by atoms with Crippen LogP contribution in [0.15, 0.2) is 0 Å². The van der Waals surface area contributed by atoms with Gasteiger partial charge in [0.1, 0.15) is 0 Å². The van der Waals surface area contributed by atoms with Crippen LogP contribution in [0.4, 0.5) is 4.79 Å². The third-order valence-electron chi connectivity index (χ3n) is 4.58. The monoisotopic (exact) mass is 308 g/mol. The summed E-state index contributed by atoms with van der Waals surface area (Å²) in [7, 11) is 1.72. The lowest BCUT2D eigenvalue weighted by Crippen LogP contribution is -2.49. The van der Waals surface area contributed by atoms with Gasteiger partial charge in [0.15, 0.2) is 0 Å². The zero-order valence-corrected chi connectivity index (χ0v) is 14.1. The molecule has 1 fully saturated rings. The van der Waals surface area contributed by atoms with Crippen molar-refractivity contribution in [1.82, 2.24) is 20.4 Å². The van der Waals surface area contributed by atoms with Gasteiger partial charge in [0, 0.05) is 31.5 Å². The highest BCUT2D eigenvalue weighted by molar-refractivity contribution is 5.74. The number of carbonyl (C=O) groups is 1. The zero-order valence-electron chi connectivity index (χ0n) is 14.1. The molecule has 2 N–H and O–H groups in total. The first kappa shape index (κ1) is 16.8. The number of aromatic nitrogens is 2. The van der Waals surface area contributed by atoms with Gasteiger partial charge in [-0.25, -0.2) is 4.79 Å². The molecule has 2 rings (SSSR count). The van der Waals surface area contributed by atoms with E-state index in [1.165, 1.54) is 6.42 Å². The van der Waals surface area contributed by atoms with E-state index in [-0.39, 0.29) is 18.2 Å². The number of nitrogens with one attached hydrogen (secondary N) is 2. The van der Waals surface area contributed by atoms with Gasteiger partial charge < -0.3 is 15.4 Å². The first-order valence-electron chi connectivity index (χ1n) is 8.16. The van der Waals surface area contributed by atoms with Crippen molar-refractivity contribution in [3.8, 4) is 0 Å². The predicted molar refractivity (Wildman–Crippen MR) is 85.8 cm³/mol. The summed E-state index contributed by atoms with van der Waals surface area (Å²) in [5, 5.41) is 10.5. The molecule has 0 aliphatic heterocycles. The van der Waals surface area contributed by atoms with E-state index in [9.17, 15) is 4.79 Å². The van der Waals surface area contributed by atoms with Crippen LogP contribution in [-0.4, -0.2) is 35.1 Å². The molecule has 1 aromatic rings. The van der Waals surface area contributed by atoms with Crippen LogP contribution in [-0.2, 0) is 17.8 Å². The third-order valence-corrected chi connectivity index (χ3v) is 4.58. The number of rotatable bonds is 5. The van der Waals surface area contributed by atoms with Gasteiger partial charge >= 0.3 is 6.03 Å². The normalized spacial score (nSPS) is 21.6. The Morgan fingerprint density at radius 3 is 2.73 bits per heavy atom. The van der Waals surface area contributed by atoms with Gasteiger partial charge in [0.2, 0.25) is 0 Å². The van der Waals surface area contributed by atoms with Gasteiger partial charge in [-0.2, -0.15) is 5.10 Å². The van der Waals surface area contributed by atoms with Crippen molar-refractivity contribution in [3.05, 3.63) is 17.0 Å². The van der Waals surface area contributed by atoms with Crippen LogP contribution in [0.5, 0.6) is 0 Å². The van der Waals surface area contributed by atoms with Gasteiger partial charge in [-0.1, -0.05) is 12.8 Å². The van der Waals surface area contributed by atoms with E-state index in [4.69, 9.17) is 4.74 Å². The van der Waals surface area contributed by atoms with Crippen molar-refractivity contribution in [1.29, 1.82) is 0 Å². The second-order valence-corrected chi connectivity index (χ2v) is 5.96. The van der Waals surface area contributed by atoms with Crippen molar-refractivity contribution >= 4 is 6.03 Å². The summed E-state index contributed by atoms with van der Waals surface area (Å²) in [4.78, 5) is 12.1. The number of methoxy groups -OCH3 is 1. The van der Waals surface area contributed by atoms with Crippen molar-refractivity contribution in [2.75, 3.05) is 7.11 Å². The highest BCUT2D eigenvalue weighted by atomic mass is 16.5. The summed E-state index contributed by atoms with van der Waals surface area (Å²) in [6, 6.07) is -0.0173. The number of urea groups is 1. The Labute approximate surface area is 132 Å². The van der Waals surface area contributed by atoms with E-state index in [2.05, 4.69) is 22.7 Å². The smallest absolute Gasteiger partial charge is 0.315 e. The number of hydrogen-bond acceptors (Lipinski definition) is 3. The molecular formula is C16H28N4O2. The van der Waals surface area contributed by atoms with Crippen LogP contribution in [0.25, 0.3) is 0 Å². The van der Waals surface area contributed by atoms with E-state index in [1.54, 1.807) is 7.11 Å². The van der Waals surface area contributed by atoms with Crippen LogP contribution < -0.4 is 10.6 Å². The molecule has 1 heterocycles. The number of carbonyl (C=O) groups excluding carboxylic acids is 1. The Morgan fingerprint density at radius 1 is 1.36 bits per heavy atom. The van der Waals surface area contributed by atoms with Crippen molar-refractivity contribution in [3.63, 3.8) is 0 Å². The first-order chi connectivity index (χ1) is 10.6. The maximum atomic E-state index is 12.1. The summed E-state index contributed by atoms with van der Waals surface area (Å²) < 4.78 is 7.43. The fraction of sp³-hybridized carbons (Fsp3) is 0.750. The molecule has 1 aliphatic rings. The van der Waals surface area contributed by atoms with Gasteiger partial charge in [0.25, 0.3) is 0 Å². The molecule has 2 atom stereocenters. The molecule has 22 heavy (non-hydrogen) atoms. The Bertz CT molecular complexity index is 512. The minimum atomic E-state index is -0.128. The SMILES string of the molecule is CCn1nc(C)c(CNC(=O)N[C@H]2CCCC[C@H]2OC)c1C. The Kier molecular flexibility index (Phi) is 5.83. The Hall–Kier alpha value is -1.56. The topological polar surface area (TPSA) is 68.2 Å². The molecule has 124 valence electrons. The largest absolute Gasteiger partial charge is 0.379 e. The molecule has 0 saturated heterocycles. The maximum Gasteiger partial charge on any atom is 0.315 e. The highest BCUT2D eigenvalue weighted by Crippen LogP contribution is 2.20. The summed E-state index contributed by atoms with van der Waals surface area (Å²) in [6.07, 6.45) is 4.45. The number of aryl methyl sites for hydroxylation is 2. The van der Waals surface area contributed by atoms with Crippen molar-refractivity contribution in [2.45, 2.75) is 71.7 Å². The fourth-order valence-electron chi connectivity index (χ4n) is 3.23. The third kappa shape index (κ3) is 3.80. The van der Waals surface area contributed by atoms with Gasteiger partial charge in [-0.3, -0.25) is 4.68 Å². The second-order valence-electron chi connectivity index (χ2n) is 5.96. The lowest BCUT2D eigenvalue weighted by Gasteiger charge is -2.31. The molecule has 0 radical (unpaired) electrons. The molecule has 6 nitrogen and oxygen atoms in total. The number of hydrogen-bond donors (Lipinski definition) is 2. The molecule has 2 amide bonds. The maximum absolute atomic E-state index is 12.1. The zero-order chi connectivity index (χ0) is 16.1. The summed E-state index contributed by atoms with van der Waals surface area (Å²) >= 11 is 0. The van der Waals surface area contributed by atoms with Crippen LogP contribution in [0.1, 0.15) is 49.6 Å². The standard InChI is InChI=1S/C16H28N4O2/c1-5-20-12(3)13(11(2)19-20)10-17-16(21)18-14-8-6-7-9-15(14)22-4/h14-15H,5-10H2,1-4H3,(H2,17,18,21)/t14-,15+/m0/s1. The minimum Gasteiger partial charge on any atom is -0.379 e. The molecule has 0 aromatic carbocycles. The van der Waals surface area contributed by atoms with Crippen LogP contribution in [0.3, 0.4) is 0 Å². The average molecular weight is 308 g/mol. The lowest BCUT2D eigenvalue weighted by molar-refractivity contribution is 0.0452. The van der Waals surface area contributed by atoms with E-state index in [1.807, 2.05) is 18.5 Å². The molecule has 1 saturated carbocycles. The number of ether oxygens (including phenoxy) is 1. The van der Waals surface area contributed by atoms with E-state index < -0.39 is 0 Å². The predicted octanol–water partition coefficient (Wildman–Crippen LogP) is 2.28. The molecule has 1 aliphatic carbocycles. The Morgan fingerprint density at radius 2 is 2.09 bits per heavy atom. The average Bonchev–Trinajstić information content (AvgIpc) is 2.80. The van der Waals surface area contributed by atoms with E-state index in [0.717, 1.165) is 42.8 Å². The molecule has 0 unspecified atom stereocenters. The van der Waals surface area contributed by atoms with Crippen LogP contribution in [0, 0.1) is 13.8 Å². The molecule has 1 aromatic heterocycles. The lowest BCUT2D eigenvalue weighted by atomic mass is 9.92. The van der Waals surface area contributed by atoms with E-state index >= 15 is 0 Å². The quantitative estimate of drug-likeness (QED) is 0.877. The summed E-state index contributed by atoms with van der Waals surface area (Å²) in [5.41, 5.74) is 3.20. The second kappa shape index (κ2) is 7.63. The van der Waals surface area contributed by atoms with Gasteiger partial charge in [-0.15, -0.1) is 0 Å². The fourth-order valence-corrected chi connectivity index (χ4v) is 3.23. The number of nitrogens with zero attached hydrogens (tertiary/aromatic N) is 2. The molecule has 6 heteroatoms. The van der Waals surface area contributed by atoms with Gasteiger partial charge in [0.05, 0.1) is 17.8 Å². The van der Waals surface area contributed by atoms with Crippen molar-refractivity contribution in [2.24, 2.45) is 0 Å². The first-order valence-corrected chi connectivity index (χ1v) is 8.16. The summed E-state index contributed by atoms with van der Waals surface area (Å²) in [5.74, 6) is 0. The number of amides is 2. The van der Waals surface area contributed by atoms with Crippen LogP contribution >= 0.6 is 0 Å². The highest BCUT2D eigenvalue weighted by Gasteiger charge is 2.26. The minimum absolute atomic E-state index is 0.110. The van der Waals surface area contributed by atoms with Crippen LogP contribution in [0.2, 0.25) is 0 Å². The molecular weight excluding hydrogens is 280 g/mol. The van der Waals surface area contributed by atoms with Gasteiger partial charge in [-0.05, 0) is 33.6 Å². The Balaban J connectivity index is 1.89. The molecule has 0 spiro atoms. The molecule has 0 bridgehead atoms. The summed E-state index contributed by atoms with van der Waals surface area (Å²) in [6.45, 7) is 7.44.